The van der Waals surface area contributed by atoms with E-state index in [4.69, 9.17) is 9.97 Å². The Balaban J connectivity index is 1.02. The number of fused-ring (bicyclic) bond motifs is 9. The number of benzene rings is 10. The van der Waals surface area contributed by atoms with Crippen molar-refractivity contribution in [3.8, 4) is 67.3 Å². The van der Waals surface area contributed by atoms with Gasteiger partial charge in [0.15, 0.2) is 5.82 Å². The fourth-order valence-corrected chi connectivity index (χ4v) is 11.6. The van der Waals surface area contributed by atoms with Crippen molar-refractivity contribution in [1.29, 1.82) is 0 Å². The molecule has 0 bridgehead atoms. The van der Waals surface area contributed by atoms with Crippen LogP contribution in [0.15, 0.2) is 231 Å². The standard InChI is InChI=1S/C64H44N2/c1-63(2)56-38-34-41-19-12-13-26-47(41)60(56)53-35-33-43(39-57(53)63)46-36-37-52(49-28-15-14-27-48(46)49)62-65-58(42-20-6-3-7-21-42)40-59(66-62)54-31-18-30-51-50-29-16-17-32-55(50)64(61(51)54,44-22-8-4-9-23-44)45-24-10-5-11-25-45/h3-40H,1-2H3. The first-order chi connectivity index (χ1) is 32.5. The molecule has 1 aromatic heterocycles. The van der Waals surface area contributed by atoms with Crippen molar-refractivity contribution in [1.82, 2.24) is 9.97 Å². The average molecular weight is 841 g/mol. The van der Waals surface area contributed by atoms with Crippen LogP contribution in [0.4, 0.5) is 0 Å². The van der Waals surface area contributed by atoms with Gasteiger partial charge in [-0.2, -0.15) is 0 Å². The Bertz CT molecular complexity index is 3680. The van der Waals surface area contributed by atoms with E-state index in [0.717, 1.165) is 33.5 Å². The second kappa shape index (κ2) is 14.7. The van der Waals surface area contributed by atoms with E-state index < -0.39 is 5.41 Å². The van der Waals surface area contributed by atoms with Crippen molar-refractivity contribution in [3.63, 3.8) is 0 Å². The quantitative estimate of drug-likeness (QED) is 0.167. The van der Waals surface area contributed by atoms with E-state index in [-0.39, 0.29) is 5.41 Å². The summed E-state index contributed by atoms with van der Waals surface area (Å²) in [6.45, 7) is 4.74. The number of nitrogens with zero attached hydrogens (tertiary/aromatic N) is 2. The SMILES string of the molecule is CC1(C)c2cc(-c3ccc(-c4nc(-c5ccccc5)cc(-c5cccc6c5C(c5ccccc5)(c5ccccc5)c5ccccc5-6)n4)c4ccccc34)ccc2-c2c1ccc1ccccc21. The summed E-state index contributed by atoms with van der Waals surface area (Å²) in [4.78, 5) is 11.1. The van der Waals surface area contributed by atoms with Gasteiger partial charge in [0.05, 0.1) is 16.8 Å². The molecule has 2 nitrogen and oxygen atoms in total. The lowest BCUT2D eigenvalue weighted by atomic mass is 9.66. The van der Waals surface area contributed by atoms with Crippen molar-refractivity contribution in [2.45, 2.75) is 24.7 Å². The normalized spacial score (nSPS) is 13.8. The van der Waals surface area contributed by atoms with Crippen LogP contribution in [0.25, 0.3) is 88.8 Å². The molecule has 2 aliphatic rings. The molecule has 2 heteroatoms. The van der Waals surface area contributed by atoms with E-state index in [1.165, 1.54) is 82.9 Å². The maximum Gasteiger partial charge on any atom is 0.161 e. The van der Waals surface area contributed by atoms with Crippen molar-refractivity contribution in [3.05, 3.63) is 264 Å². The summed E-state index contributed by atoms with van der Waals surface area (Å²) >= 11 is 0. The zero-order valence-electron chi connectivity index (χ0n) is 36.8. The van der Waals surface area contributed by atoms with Crippen LogP contribution in [0.2, 0.25) is 0 Å². The van der Waals surface area contributed by atoms with E-state index in [1.807, 2.05) is 0 Å². The van der Waals surface area contributed by atoms with Gasteiger partial charge < -0.3 is 0 Å². The Morgan fingerprint density at radius 1 is 0.333 bits per heavy atom. The van der Waals surface area contributed by atoms with Gasteiger partial charge in [0.2, 0.25) is 0 Å². The largest absolute Gasteiger partial charge is 0.228 e. The molecule has 10 aromatic carbocycles. The number of hydrogen-bond donors (Lipinski definition) is 0. The molecule has 0 saturated heterocycles. The third kappa shape index (κ3) is 5.55. The molecule has 13 rings (SSSR count). The van der Waals surface area contributed by atoms with Crippen LogP contribution in [0.5, 0.6) is 0 Å². The van der Waals surface area contributed by atoms with Gasteiger partial charge in [0, 0.05) is 22.1 Å². The Kier molecular flexibility index (Phi) is 8.51. The van der Waals surface area contributed by atoms with Gasteiger partial charge in [-0.05, 0) is 107 Å². The summed E-state index contributed by atoms with van der Waals surface area (Å²) in [5, 5.41) is 4.89. The Labute approximate surface area is 385 Å². The van der Waals surface area contributed by atoms with E-state index in [0.29, 0.717) is 5.82 Å². The number of aromatic nitrogens is 2. The third-order valence-corrected chi connectivity index (χ3v) is 14.6. The van der Waals surface area contributed by atoms with Gasteiger partial charge >= 0.3 is 0 Å². The minimum atomic E-state index is -0.587. The molecule has 0 radical (unpaired) electrons. The topological polar surface area (TPSA) is 25.8 Å². The van der Waals surface area contributed by atoms with Crippen molar-refractivity contribution < 1.29 is 0 Å². The fourth-order valence-electron chi connectivity index (χ4n) is 11.6. The summed E-state index contributed by atoms with van der Waals surface area (Å²) in [6, 6.07) is 84.3. The third-order valence-electron chi connectivity index (χ3n) is 14.6. The Hall–Kier alpha value is -8.20. The first-order valence-corrected chi connectivity index (χ1v) is 23.0. The molecule has 2 aliphatic carbocycles. The van der Waals surface area contributed by atoms with Gasteiger partial charge in [-0.25, -0.2) is 9.97 Å². The van der Waals surface area contributed by atoms with Crippen LogP contribution >= 0.6 is 0 Å². The van der Waals surface area contributed by atoms with Crippen LogP contribution in [0, 0.1) is 0 Å². The van der Waals surface area contributed by atoms with Gasteiger partial charge in [0.25, 0.3) is 0 Å². The monoisotopic (exact) mass is 840 g/mol. The second-order valence-corrected chi connectivity index (χ2v) is 18.4. The first kappa shape index (κ1) is 38.3. The maximum absolute atomic E-state index is 5.65. The highest BCUT2D eigenvalue weighted by Crippen LogP contribution is 2.59. The molecular formula is C64H44N2. The lowest BCUT2D eigenvalue weighted by Gasteiger charge is -2.35. The number of hydrogen-bond acceptors (Lipinski definition) is 2. The van der Waals surface area contributed by atoms with Crippen LogP contribution in [-0.4, -0.2) is 9.97 Å². The van der Waals surface area contributed by atoms with Crippen LogP contribution in [0.3, 0.4) is 0 Å². The van der Waals surface area contributed by atoms with Crippen LogP contribution in [0.1, 0.15) is 47.2 Å². The Morgan fingerprint density at radius 3 is 1.67 bits per heavy atom. The molecule has 66 heavy (non-hydrogen) atoms. The second-order valence-electron chi connectivity index (χ2n) is 18.4. The molecule has 310 valence electrons. The predicted octanol–water partition coefficient (Wildman–Crippen LogP) is 16.1. The van der Waals surface area contributed by atoms with Gasteiger partial charge in [0.1, 0.15) is 0 Å². The minimum Gasteiger partial charge on any atom is -0.228 e. The predicted molar refractivity (Wildman–Crippen MR) is 274 cm³/mol. The van der Waals surface area contributed by atoms with Gasteiger partial charge in [-0.3, -0.25) is 0 Å². The lowest BCUT2D eigenvalue weighted by Crippen LogP contribution is -2.29. The molecule has 0 amide bonds. The summed E-state index contributed by atoms with van der Waals surface area (Å²) in [6.07, 6.45) is 0. The molecule has 0 saturated carbocycles. The molecule has 0 fully saturated rings. The molecule has 0 atom stereocenters. The average Bonchev–Trinajstić information content (AvgIpc) is 3.82. The van der Waals surface area contributed by atoms with Gasteiger partial charge in [-0.1, -0.05) is 226 Å². The van der Waals surface area contributed by atoms with Crippen molar-refractivity contribution in [2.75, 3.05) is 0 Å². The van der Waals surface area contributed by atoms with E-state index >= 15 is 0 Å². The molecule has 0 aliphatic heterocycles. The summed E-state index contributed by atoms with van der Waals surface area (Å²) in [7, 11) is 0. The lowest BCUT2D eigenvalue weighted by molar-refractivity contribution is 0.661. The minimum absolute atomic E-state index is 0.139. The van der Waals surface area contributed by atoms with E-state index in [9.17, 15) is 0 Å². The highest BCUT2D eigenvalue weighted by molar-refractivity contribution is 6.06. The number of rotatable bonds is 6. The van der Waals surface area contributed by atoms with Crippen molar-refractivity contribution in [2.24, 2.45) is 0 Å². The summed E-state index contributed by atoms with van der Waals surface area (Å²) in [5.74, 6) is 0.699. The zero-order chi connectivity index (χ0) is 44.0. The zero-order valence-corrected chi connectivity index (χ0v) is 36.8. The van der Waals surface area contributed by atoms with Gasteiger partial charge in [-0.15, -0.1) is 0 Å². The Morgan fingerprint density at radius 2 is 0.909 bits per heavy atom. The highest BCUT2D eigenvalue weighted by Gasteiger charge is 2.47. The fraction of sp³-hybridized carbons (Fsp3) is 0.0625. The molecule has 0 spiro atoms. The molecule has 11 aromatic rings. The first-order valence-electron chi connectivity index (χ1n) is 23.0. The molecular weight excluding hydrogens is 797 g/mol. The highest BCUT2D eigenvalue weighted by atomic mass is 14.9. The molecule has 0 N–H and O–H groups in total. The van der Waals surface area contributed by atoms with Crippen LogP contribution in [-0.2, 0) is 10.8 Å². The molecule has 1 heterocycles. The maximum atomic E-state index is 5.65. The van der Waals surface area contributed by atoms with Crippen molar-refractivity contribution >= 4 is 21.5 Å². The summed E-state index contributed by atoms with van der Waals surface area (Å²) in [5.41, 5.74) is 19.5. The summed E-state index contributed by atoms with van der Waals surface area (Å²) < 4.78 is 0. The van der Waals surface area contributed by atoms with Crippen LogP contribution < -0.4 is 0 Å². The molecule has 0 unspecified atom stereocenters. The van der Waals surface area contributed by atoms with E-state index in [2.05, 4.69) is 244 Å². The smallest absolute Gasteiger partial charge is 0.161 e. The van der Waals surface area contributed by atoms with E-state index in [1.54, 1.807) is 0 Å².